The zero-order valence-corrected chi connectivity index (χ0v) is 11.0. The number of carbonyl (C=O) groups excluding carboxylic acids is 4. The summed E-state index contributed by atoms with van der Waals surface area (Å²) in [6.07, 6.45) is 0.151. The van der Waals surface area contributed by atoms with Gasteiger partial charge in [0.05, 0.1) is 0 Å². The van der Waals surface area contributed by atoms with E-state index < -0.39 is 29.8 Å². The van der Waals surface area contributed by atoms with Crippen molar-refractivity contribution in [3.8, 4) is 0 Å². The van der Waals surface area contributed by atoms with Gasteiger partial charge in [-0.1, -0.05) is 18.2 Å². The van der Waals surface area contributed by atoms with Crippen LogP contribution in [-0.2, 0) is 9.59 Å². The van der Waals surface area contributed by atoms with Crippen LogP contribution in [0.5, 0.6) is 0 Å². The third-order valence-corrected chi connectivity index (χ3v) is 2.87. The minimum Gasteiger partial charge on any atom is -0.326 e. The maximum absolute atomic E-state index is 11.7. The highest BCUT2D eigenvalue weighted by Crippen LogP contribution is 2.02. The lowest BCUT2D eigenvalue weighted by molar-refractivity contribution is -0.122. The number of imide groups is 1. The zero-order chi connectivity index (χ0) is 15.2. The van der Waals surface area contributed by atoms with Crippen molar-refractivity contribution in [3.63, 3.8) is 0 Å². The molecule has 1 aromatic carbocycles. The van der Waals surface area contributed by atoms with Crippen LogP contribution in [0.25, 0.3) is 0 Å². The molecular weight excluding hydrogens is 276 g/mol. The average Bonchev–Trinajstić information content (AvgIpc) is 2.81. The van der Waals surface area contributed by atoms with E-state index in [4.69, 9.17) is 0 Å². The van der Waals surface area contributed by atoms with E-state index in [1.807, 2.05) is 0 Å². The maximum atomic E-state index is 11.7. The van der Waals surface area contributed by atoms with Crippen LogP contribution in [-0.4, -0.2) is 29.8 Å². The summed E-state index contributed by atoms with van der Waals surface area (Å²) in [6, 6.07) is 7.13. The lowest BCUT2D eigenvalue weighted by atomic mass is 10.1. The molecule has 4 N–H and O–H groups in total. The molecule has 0 radical (unpaired) electrons. The highest BCUT2D eigenvalue weighted by Gasteiger charge is 2.29. The van der Waals surface area contributed by atoms with Gasteiger partial charge in [0, 0.05) is 12.0 Å². The van der Waals surface area contributed by atoms with Gasteiger partial charge in [0.25, 0.3) is 11.8 Å². The summed E-state index contributed by atoms with van der Waals surface area (Å²) >= 11 is 0. The van der Waals surface area contributed by atoms with Crippen molar-refractivity contribution in [1.82, 2.24) is 21.5 Å². The van der Waals surface area contributed by atoms with Crippen LogP contribution in [0, 0.1) is 0 Å². The lowest BCUT2D eigenvalue weighted by Crippen LogP contribution is -2.42. The fourth-order valence-corrected chi connectivity index (χ4v) is 1.79. The smallest absolute Gasteiger partial charge is 0.322 e. The van der Waals surface area contributed by atoms with E-state index in [0.29, 0.717) is 5.56 Å². The number of amides is 5. The second-order valence-electron chi connectivity index (χ2n) is 4.42. The summed E-state index contributed by atoms with van der Waals surface area (Å²) in [4.78, 5) is 45.3. The first-order chi connectivity index (χ1) is 10.1. The van der Waals surface area contributed by atoms with E-state index in [-0.39, 0.29) is 12.8 Å². The monoisotopic (exact) mass is 290 g/mol. The zero-order valence-electron chi connectivity index (χ0n) is 11.0. The summed E-state index contributed by atoms with van der Waals surface area (Å²) in [5.41, 5.74) is 4.93. The fourth-order valence-electron chi connectivity index (χ4n) is 1.79. The Balaban J connectivity index is 1.72. The molecule has 8 heteroatoms. The van der Waals surface area contributed by atoms with Crippen molar-refractivity contribution in [3.05, 3.63) is 35.9 Å². The molecule has 0 saturated carbocycles. The Morgan fingerprint density at radius 3 is 2.43 bits per heavy atom. The van der Waals surface area contributed by atoms with E-state index in [9.17, 15) is 19.2 Å². The first-order valence-electron chi connectivity index (χ1n) is 6.32. The first kappa shape index (κ1) is 14.5. The molecule has 1 aliphatic rings. The van der Waals surface area contributed by atoms with Gasteiger partial charge in [-0.15, -0.1) is 0 Å². The van der Waals surface area contributed by atoms with Crippen LogP contribution in [0.15, 0.2) is 30.3 Å². The van der Waals surface area contributed by atoms with Gasteiger partial charge >= 0.3 is 6.03 Å². The molecule has 1 atom stereocenters. The SMILES string of the molecule is O=C(CC[C@@H]1NC(=O)NC1=O)NNC(=O)c1ccccc1. The van der Waals surface area contributed by atoms with Crippen molar-refractivity contribution in [2.24, 2.45) is 0 Å². The van der Waals surface area contributed by atoms with Crippen molar-refractivity contribution < 1.29 is 19.2 Å². The van der Waals surface area contributed by atoms with Gasteiger partial charge in [-0.25, -0.2) is 4.79 Å². The highest BCUT2D eigenvalue weighted by molar-refractivity contribution is 6.04. The van der Waals surface area contributed by atoms with Gasteiger partial charge in [-0.05, 0) is 18.6 Å². The number of rotatable bonds is 4. The van der Waals surface area contributed by atoms with Gasteiger partial charge in [0.15, 0.2) is 0 Å². The standard InChI is InChI=1S/C13H14N4O4/c18-10(7-6-9-12(20)15-13(21)14-9)16-17-11(19)8-4-2-1-3-5-8/h1-5,9H,6-7H2,(H,16,18)(H,17,19)(H2,14,15,20,21)/t9-/m0/s1. The molecule has 0 spiro atoms. The number of urea groups is 1. The third kappa shape index (κ3) is 4.03. The van der Waals surface area contributed by atoms with Crippen LogP contribution < -0.4 is 21.5 Å². The van der Waals surface area contributed by atoms with Crippen molar-refractivity contribution in [1.29, 1.82) is 0 Å². The number of hydrogen-bond acceptors (Lipinski definition) is 4. The number of hydrazine groups is 1. The molecule has 1 fully saturated rings. The highest BCUT2D eigenvalue weighted by atomic mass is 16.2. The quantitative estimate of drug-likeness (QED) is 0.439. The summed E-state index contributed by atoms with van der Waals surface area (Å²) in [6.45, 7) is 0. The molecule has 21 heavy (non-hydrogen) atoms. The molecule has 1 aliphatic heterocycles. The Bertz CT molecular complexity index is 573. The van der Waals surface area contributed by atoms with Crippen LogP contribution in [0.2, 0.25) is 0 Å². The second kappa shape index (κ2) is 6.51. The Morgan fingerprint density at radius 1 is 1.10 bits per heavy atom. The molecule has 5 amide bonds. The normalized spacial score (nSPS) is 16.9. The number of nitrogens with one attached hydrogen (secondary N) is 4. The van der Waals surface area contributed by atoms with Crippen molar-refractivity contribution >= 4 is 23.8 Å². The van der Waals surface area contributed by atoms with Crippen LogP contribution in [0.4, 0.5) is 4.79 Å². The van der Waals surface area contributed by atoms with Crippen LogP contribution >= 0.6 is 0 Å². The van der Waals surface area contributed by atoms with Crippen molar-refractivity contribution in [2.75, 3.05) is 0 Å². The average molecular weight is 290 g/mol. The number of hydrogen-bond donors (Lipinski definition) is 4. The summed E-state index contributed by atoms with van der Waals surface area (Å²) < 4.78 is 0. The van der Waals surface area contributed by atoms with Gasteiger partial charge in [0.1, 0.15) is 6.04 Å². The molecule has 1 aromatic rings. The summed E-state index contributed by atoms with van der Waals surface area (Å²) in [7, 11) is 0. The number of benzene rings is 1. The Hall–Kier alpha value is -2.90. The van der Waals surface area contributed by atoms with E-state index in [2.05, 4.69) is 21.5 Å². The van der Waals surface area contributed by atoms with Gasteiger partial charge in [0.2, 0.25) is 5.91 Å². The first-order valence-corrected chi connectivity index (χ1v) is 6.32. The van der Waals surface area contributed by atoms with Gasteiger partial charge in [-0.2, -0.15) is 0 Å². The molecule has 1 heterocycles. The molecule has 8 nitrogen and oxygen atoms in total. The lowest BCUT2D eigenvalue weighted by Gasteiger charge is -2.09. The second-order valence-corrected chi connectivity index (χ2v) is 4.42. The predicted molar refractivity (Wildman–Crippen MR) is 71.7 cm³/mol. The largest absolute Gasteiger partial charge is 0.326 e. The minimum atomic E-state index is -0.715. The van der Waals surface area contributed by atoms with Crippen molar-refractivity contribution in [2.45, 2.75) is 18.9 Å². The third-order valence-electron chi connectivity index (χ3n) is 2.87. The molecule has 1 saturated heterocycles. The Morgan fingerprint density at radius 2 is 1.81 bits per heavy atom. The fraction of sp³-hybridized carbons (Fsp3) is 0.231. The Labute approximate surface area is 120 Å². The minimum absolute atomic E-state index is 0.00651. The van der Waals surface area contributed by atoms with Crippen LogP contribution in [0.3, 0.4) is 0 Å². The maximum Gasteiger partial charge on any atom is 0.322 e. The molecule has 2 rings (SSSR count). The van der Waals surface area contributed by atoms with E-state index in [1.54, 1.807) is 30.3 Å². The van der Waals surface area contributed by atoms with Gasteiger partial charge in [-0.3, -0.25) is 30.6 Å². The molecule has 110 valence electrons. The Kier molecular flexibility index (Phi) is 4.50. The summed E-state index contributed by atoms with van der Waals surface area (Å²) in [5, 5.41) is 4.45. The van der Waals surface area contributed by atoms with Crippen LogP contribution in [0.1, 0.15) is 23.2 Å². The summed E-state index contributed by atoms with van der Waals surface area (Å²) in [5.74, 6) is -1.34. The number of carbonyl (C=O) groups is 4. The molecule has 0 aromatic heterocycles. The predicted octanol–water partition coefficient (Wildman–Crippen LogP) is -0.564. The molecule has 0 aliphatic carbocycles. The molecule has 0 bridgehead atoms. The molecular formula is C13H14N4O4. The van der Waals surface area contributed by atoms with E-state index in [0.717, 1.165) is 0 Å². The topological polar surface area (TPSA) is 116 Å². The van der Waals surface area contributed by atoms with Gasteiger partial charge < -0.3 is 5.32 Å². The van der Waals surface area contributed by atoms with E-state index in [1.165, 1.54) is 0 Å². The molecule has 0 unspecified atom stereocenters. The van der Waals surface area contributed by atoms with E-state index >= 15 is 0 Å².